The van der Waals surface area contributed by atoms with Crippen LogP contribution in [-0.2, 0) is 0 Å². The lowest BCUT2D eigenvalue weighted by Gasteiger charge is -2.35. The second-order valence-electron chi connectivity index (χ2n) is 5.70. The highest BCUT2D eigenvalue weighted by atomic mass is 16.4. The average Bonchev–Trinajstić information content (AvgIpc) is 2.47. The van der Waals surface area contributed by atoms with Crippen LogP contribution < -0.4 is 0 Å². The molecule has 0 aromatic carbocycles. The van der Waals surface area contributed by atoms with Gasteiger partial charge in [-0.05, 0) is 18.1 Å². The van der Waals surface area contributed by atoms with Gasteiger partial charge in [0.1, 0.15) is 11.4 Å². The number of hydrogen-bond acceptors (Lipinski definition) is 4. The van der Waals surface area contributed by atoms with Crippen molar-refractivity contribution in [2.24, 2.45) is 5.92 Å². The molecule has 1 amide bonds. The molecule has 0 atom stereocenters. The van der Waals surface area contributed by atoms with Gasteiger partial charge in [-0.25, -0.2) is 9.78 Å². The lowest BCUT2D eigenvalue weighted by atomic mass is 10.2. The third-order valence-electron chi connectivity index (χ3n) is 3.47. The smallest absolute Gasteiger partial charge is 0.354 e. The van der Waals surface area contributed by atoms with Gasteiger partial charge >= 0.3 is 5.97 Å². The van der Waals surface area contributed by atoms with Gasteiger partial charge in [0.05, 0.1) is 0 Å². The van der Waals surface area contributed by atoms with Gasteiger partial charge in [-0.3, -0.25) is 9.69 Å². The van der Waals surface area contributed by atoms with Gasteiger partial charge < -0.3 is 10.0 Å². The Kier molecular flexibility index (Phi) is 4.90. The van der Waals surface area contributed by atoms with Crippen LogP contribution in [0.3, 0.4) is 0 Å². The van der Waals surface area contributed by atoms with Crippen molar-refractivity contribution in [2.75, 3.05) is 32.7 Å². The number of aromatic carboxylic acids is 1. The fraction of sp³-hybridized carbons (Fsp3) is 0.533. The van der Waals surface area contributed by atoms with E-state index in [0.29, 0.717) is 19.0 Å². The Hall–Kier alpha value is -1.95. The second-order valence-corrected chi connectivity index (χ2v) is 5.70. The Bertz CT molecular complexity index is 523. The zero-order valence-corrected chi connectivity index (χ0v) is 12.5. The molecule has 0 radical (unpaired) electrons. The molecule has 2 rings (SSSR count). The van der Waals surface area contributed by atoms with Crippen LogP contribution >= 0.6 is 0 Å². The van der Waals surface area contributed by atoms with E-state index in [0.717, 1.165) is 19.6 Å². The van der Waals surface area contributed by atoms with E-state index >= 15 is 0 Å². The molecule has 1 aliphatic rings. The van der Waals surface area contributed by atoms with Gasteiger partial charge in [0.15, 0.2) is 0 Å². The van der Waals surface area contributed by atoms with Gasteiger partial charge in [0, 0.05) is 32.7 Å². The van der Waals surface area contributed by atoms with Crippen LogP contribution in [0.2, 0.25) is 0 Å². The van der Waals surface area contributed by atoms with E-state index in [1.54, 1.807) is 17.0 Å². The zero-order valence-electron chi connectivity index (χ0n) is 12.5. The number of rotatable bonds is 4. The molecule has 0 spiro atoms. The first kappa shape index (κ1) is 15.4. The lowest BCUT2D eigenvalue weighted by Crippen LogP contribution is -2.49. The number of carboxylic acid groups (broad SMARTS) is 1. The number of aromatic nitrogens is 1. The van der Waals surface area contributed by atoms with Crippen LogP contribution in [-0.4, -0.2) is 64.5 Å². The number of nitrogens with zero attached hydrogens (tertiary/aromatic N) is 3. The summed E-state index contributed by atoms with van der Waals surface area (Å²) in [6, 6.07) is 4.51. The van der Waals surface area contributed by atoms with Crippen molar-refractivity contribution >= 4 is 11.9 Å². The molecule has 0 aliphatic carbocycles. The summed E-state index contributed by atoms with van der Waals surface area (Å²) in [5.74, 6) is -0.699. The summed E-state index contributed by atoms with van der Waals surface area (Å²) >= 11 is 0. The normalized spacial score (nSPS) is 16.2. The summed E-state index contributed by atoms with van der Waals surface area (Å²) in [4.78, 5) is 31.3. The Morgan fingerprint density at radius 3 is 2.38 bits per heavy atom. The van der Waals surface area contributed by atoms with Gasteiger partial charge in [-0.15, -0.1) is 0 Å². The Balaban J connectivity index is 1.99. The first-order valence-corrected chi connectivity index (χ1v) is 7.19. The van der Waals surface area contributed by atoms with Gasteiger partial charge in [-0.2, -0.15) is 0 Å². The minimum Gasteiger partial charge on any atom is -0.477 e. The Labute approximate surface area is 124 Å². The monoisotopic (exact) mass is 291 g/mol. The number of carbonyl (C=O) groups excluding carboxylic acids is 1. The van der Waals surface area contributed by atoms with Crippen molar-refractivity contribution in [1.29, 1.82) is 0 Å². The molecule has 1 aliphatic heterocycles. The van der Waals surface area contributed by atoms with Crippen molar-refractivity contribution < 1.29 is 14.7 Å². The Morgan fingerprint density at radius 2 is 1.81 bits per heavy atom. The molecule has 1 N–H and O–H groups in total. The van der Waals surface area contributed by atoms with Crippen molar-refractivity contribution in [3.63, 3.8) is 0 Å². The summed E-state index contributed by atoms with van der Waals surface area (Å²) in [7, 11) is 0. The molecule has 1 aromatic heterocycles. The number of piperazine rings is 1. The quantitative estimate of drug-likeness (QED) is 0.902. The van der Waals surface area contributed by atoms with Crippen molar-refractivity contribution in [2.45, 2.75) is 13.8 Å². The summed E-state index contributed by atoms with van der Waals surface area (Å²) in [6.07, 6.45) is 0. The van der Waals surface area contributed by atoms with Crippen LogP contribution in [0.1, 0.15) is 34.8 Å². The molecular weight excluding hydrogens is 270 g/mol. The van der Waals surface area contributed by atoms with Crippen LogP contribution in [0.25, 0.3) is 0 Å². The lowest BCUT2D eigenvalue weighted by molar-refractivity contribution is 0.0617. The fourth-order valence-corrected chi connectivity index (χ4v) is 2.48. The van der Waals surface area contributed by atoms with Crippen molar-refractivity contribution in [3.8, 4) is 0 Å². The van der Waals surface area contributed by atoms with E-state index in [9.17, 15) is 9.59 Å². The number of carbonyl (C=O) groups is 2. The molecule has 0 unspecified atom stereocenters. The van der Waals surface area contributed by atoms with Crippen molar-refractivity contribution in [3.05, 3.63) is 29.6 Å². The molecule has 1 aromatic rings. The van der Waals surface area contributed by atoms with Gasteiger partial charge in [-0.1, -0.05) is 19.9 Å². The van der Waals surface area contributed by atoms with Crippen LogP contribution in [0, 0.1) is 5.92 Å². The average molecular weight is 291 g/mol. The molecule has 0 bridgehead atoms. The van der Waals surface area contributed by atoms with E-state index in [1.807, 2.05) is 0 Å². The SMILES string of the molecule is CC(C)CN1CCN(C(=O)c2cccc(C(=O)O)n2)CC1. The van der Waals surface area contributed by atoms with E-state index in [2.05, 4.69) is 23.7 Å². The molecule has 1 fully saturated rings. The molecule has 0 saturated carbocycles. The number of carboxylic acids is 1. The third-order valence-corrected chi connectivity index (χ3v) is 3.47. The maximum absolute atomic E-state index is 12.4. The fourth-order valence-electron chi connectivity index (χ4n) is 2.48. The van der Waals surface area contributed by atoms with E-state index in [4.69, 9.17) is 5.11 Å². The predicted octanol–water partition coefficient (Wildman–Crippen LogP) is 1.19. The maximum Gasteiger partial charge on any atom is 0.354 e. The standard InChI is InChI=1S/C15H21N3O3/c1-11(2)10-17-6-8-18(9-7-17)14(19)12-4-3-5-13(16-12)15(20)21/h3-5,11H,6-10H2,1-2H3,(H,20,21). The summed E-state index contributed by atoms with van der Waals surface area (Å²) in [5.41, 5.74) is 0.103. The largest absolute Gasteiger partial charge is 0.477 e. The topological polar surface area (TPSA) is 73.7 Å². The molecule has 21 heavy (non-hydrogen) atoms. The maximum atomic E-state index is 12.4. The third kappa shape index (κ3) is 4.01. The van der Waals surface area contributed by atoms with E-state index in [-0.39, 0.29) is 17.3 Å². The molecule has 1 saturated heterocycles. The molecule has 6 heteroatoms. The molecule has 2 heterocycles. The first-order chi connectivity index (χ1) is 9.97. The minimum atomic E-state index is -1.12. The Morgan fingerprint density at radius 1 is 1.19 bits per heavy atom. The number of amides is 1. The summed E-state index contributed by atoms with van der Waals surface area (Å²) < 4.78 is 0. The number of hydrogen-bond donors (Lipinski definition) is 1. The van der Waals surface area contributed by atoms with E-state index in [1.165, 1.54) is 6.07 Å². The van der Waals surface area contributed by atoms with Crippen LogP contribution in [0.5, 0.6) is 0 Å². The highest BCUT2D eigenvalue weighted by molar-refractivity contribution is 5.94. The van der Waals surface area contributed by atoms with E-state index < -0.39 is 5.97 Å². The second kappa shape index (κ2) is 6.67. The summed E-state index contributed by atoms with van der Waals surface area (Å²) in [5, 5.41) is 8.93. The molecular formula is C15H21N3O3. The van der Waals surface area contributed by atoms with Crippen molar-refractivity contribution in [1.82, 2.24) is 14.8 Å². The molecule has 114 valence electrons. The van der Waals surface area contributed by atoms with Crippen LogP contribution in [0.4, 0.5) is 0 Å². The predicted molar refractivity (Wildman–Crippen MR) is 78.4 cm³/mol. The van der Waals surface area contributed by atoms with Crippen LogP contribution in [0.15, 0.2) is 18.2 Å². The zero-order chi connectivity index (χ0) is 15.4. The molecule has 6 nitrogen and oxygen atoms in total. The highest BCUT2D eigenvalue weighted by Gasteiger charge is 2.23. The minimum absolute atomic E-state index is 0.0979. The summed E-state index contributed by atoms with van der Waals surface area (Å²) in [6.45, 7) is 8.41. The van der Waals surface area contributed by atoms with Gasteiger partial charge in [0.2, 0.25) is 0 Å². The highest BCUT2D eigenvalue weighted by Crippen LogP contribution is 2.09. The van der Waals surface area contributed by atoms with Gasteiger partial charge in [0.25, 0.3) is 5.91 Å². The number of pyridine rings is 1. The first-order valence-electron chi connectivity index (χ1n) is 7.19.